The fraction of sp³-hybridized carbons (Fsp3) is 0.417. The van der Waals surface area contributed by atoms with Crippen LogP contribution < -0.4 is 20.3 Å². The SMILES string of the molecule is COC(=O)NC(C(=O)O)S(=O)(=O)c1ccc(N2CCC(NCC(O)c3ccc(O)c(NS(C)(=O)=O)c3)CC2)cc1. The van der Waals surface area contributed by atoms with Crippen LogP contribution in [-0.2, 0) is 29.4 Å². The molecule has 1 aliphatic heterocycles. The number of sulfone groups is 1. The standard InChI is InChI=1S/C24H32N4O10S2/c1-38-24(33)26-22(23(31)32)40(36,37)18-6-4-17(5-7-18)28-11-9-16(10-12-28)25-14-21(30)15-3-8-20(29)19(13-15)27-39(2,34)35/h3-8,13,16,21-22,25,27,29-30H,9-12,14H2,1-2H3,(H,26,33)(H,31,32). The molecular formula is C24H32N4O10S2. The van der Waals surface area contributed by atoms with Crippen LogP contribution in [0.15, 0.2) is 47.4 Å². The number of hydrogen-bond acceptors (Lipinski definition) is 11. The van der Waals surface area contributed by atoms with Gasteiger partial charge in [-0.15, -0.1) is 0 Å². The number of aliphatic carboxylic acids is 1. The van der Waals surface area contributed by atoms with Gasteiger partial charge in [0.15, 0.2) is 0 Å². The molecule has 1 heterocycles. The van der Waals surface area contributed by atoms with E-state index in [0.717, 1.165) is 19.1 Å². The van der Waals surface area contributed by atoms with E-state index < -0.39 is 43.4 Å². The summed E-state index contributed by atoms with van der Waals surface area (Å²) in [6, 6.07) is 9.96. The van der Waals surface area contributed by atoms with E-state index in [1.165, 1.54) is 30.3 Å². The smallest absolute Gasteiger partial charge is 0.408 e. The molecule has 1 fully saturated rings. The number of piperidine rings is 1. The summed E-state index contributed by atoms with van der Waals surface area (Å²) < 4.78 is 55.0. The minimum atomic E-state index is -4.43. The first-order valence-electron chi connectivity index (χ1n) is 12.1. The van der Waals surface area contributed by atoms with Crippen molar-refractivity contribution in [3.8, 4) is 5.75 Å². The number of ether oxygens (including phenoxy) is 1. The third-order valence-electron chi connectivity index (χ3n) is 6.29. The molecule has 6 N–H and O–H groups in total. The first-order valence-corrected chi connectivity index (χ1v) is 15.5. The Bertz CT molecular complexity index is 1420. The third-order valence-corrected chi connectivity index (χ3v) is 8.75. The number of hydrogen-bond donors (Lipinski definition) is 6. The Morgan fingerprint density at radius 1 is 1.07 bits per heavy atom. The number of aliphatic hydroxyl groups is 1. The first kappa shape index (κ1) is 30.9. The van der Waals surface area contributed by atoms with E-state index in [0.29, 0.717) is 31.5 Å². The Morgan fingerprint density at radius 3 is 2.25 bits per heavy atom. The van der Waals surface area contributed by atoms with Crippen molar-refractivity contribution in [2.24, 2.45) is 0 Å². The van der Waals surface area contributed by atoms with Crippen molar-refractivity contribution < 1.29 is 46.5 Å². The normalized spacial score (nSPS) is 16.1. The fourth-order valence-corrected chi connectivity index (χ4v) is 6.07. The predicted molar refractivity (Wildman–Crippen MR) is 145 cm³/mol. The molecule has 0 aliphatic carbocycles. The number of nitrogens with zero attached hydrogens (tertiary/aromatic N) is 1. The zero-order chi connectivity index (χ0) is 29.7. The Labute approximate surface area is 231 Å². The highest BCUT2D eigenvalue weighted by atomic mass is 32.2. The minimum absolute atomic E-state index is 0.0237. The van der Waals surface area contributed by atoms with Gasteiger partial charge in [-0.25, -0.2) is 26.4 Å². The zero-order valence-electron chi connectivity index (χ0n) is 21.8. The van der Waals surface area contributed by atoms with E-state index in [-0.39, 0.29) is 28.9 Å². The Morgan fingerprint density at radius 2 is 1.70 bits per heavy atom. The summed E-state index contributed by atoms with van der Waals surface area (Å²) >= 11 is 0. The Balaban J connectivity index is 1.56. The van der Waals surface area contributed by atoms with E-state index in [9.17, 15) is 41.7 Å². The molecule has 1 aliphatic rings. The van der Waals surface area contributed by atoms with E-state index in [4.69, 9.17) is 0 Å². The summed E-state index contributed by atoms with van der Waals surface area (Å²) in [5, 5.41) is 32.6. The monoisotopic (exact) mass is 600 g/mol. The highest BCUT2D eigenvalue weighted by Crippen LogP contribution is 2.28. The summed E-state index contributed by atoms with van der Waals surface area (Å²) in [5.74, 6) is -2.00. The van der Waals surface area contributed by atoms with Gasteiger partial charge < -0.3 is 30.3 Å². The molecule has 220 valence electrons. The van der Waals surface area contributed by atoms with Crippen molar-refractivity contribution in [3.05, 3.63) is 48.0 Å². The maximum Gasteiger partial charge on any atom is 0.408 e. The number of alkyl carbamates (subject to hydrolysis) is 1. The number of carboxylic acid groups (broad SMARTS) is 1. The summed E-state index contributed by atoms with van der Waals surface area (Å²) in [7, 11) is -7.04. The van der Waals surface area contributed by atoms with Gasteiger partial charge in [0.25, 0.3) is 0 Å². The molecule has 2 aromatic rings. The van der Waals surface area contributed by atoms with Crippen molar-refractivity contribution in [2.75, 3.05) is 42.6 Å². The van der Waals surface area contributed by atoms with Gasteiger partial charge in [0, 0.05) is 31.4 Å². The molecule has 0 spiro atoms. The van der Waals surface area contributed by atoms with Crippen LogP contribution in [0, 0.1) is 0 Å². The lowest BCUT2D eigenvalue weighted by Crippen LogP contribution is -2.46. The van der Waals surface area contributed by atoms with E-state index >= 15 is 0 Å². The van der Waals surface area contributed by atoms with Crippen molar-refractivity contribution in [1.82, 2.24) is 10.6 Å². The number of rotatable bonds is 11. The number of phenolic OH excluding ortho intramolecular Hbond substituents is 1. The van der Waals surface area contributed by atoms with Crippen LogP contribution in [0.4, 0.5) is 16.2 Å². The molecule has 40 heavy (non-hydrogen) atoms. The van der Waals surface area contributed by atoms with Crippen LogP contribution in [0.1, 0.15) is 24.5 Å². The summed E-state index contributed by atoms with van der Waals surface area (Å²) in [6.45, 7) is 1.46. The van der Waals surface area contributed by atoms with Crippen LogP contribution in [-0.4, -0.2) is 88.6 Å². The molecule has 0 bridgehead atoms. The quantitative estimate of drug-likeness (QED) is 0.196. The number of aromatic hydroxyl groups is 1. The molecule has 14 nitrogen and oxygen atoms in total. The maximum atomic E-state index is 12.7. The molecule has 16 heteroatoms. The van der Waals surface area contributed by atoms with Crippen molar-refractivity contribution in [3.63, 3.8) is 0 Å². The second-order valence-corrected chi connectivity index (χ2v) is 13.0. The van der Waals surface area contributed by atoms with Crippen LogP contribution in [0.25, 0.3) is 0 Å². The van der Waals surface area contributed by atoms with Gasteiger partial charge in [-0.3, -0.25) is 10.0 Å². The molecule has 2 atom stereocenters. The Hall–Kier alpha value is -3.60. The lowest BCUT2D eigenvalue weighted by molar-refractivity contribution is -0.137. The molecule has 0 radical (unpaired) electrons. The molecule has 3 rings (SSSR count). The molecule has 2 unspecified atom stereocenters. The average molecular weight is 601 g/mol. The fourth-order valence-electron chi connectivity index (χ4n) is 4.20. The minimum Gasteiger partial charge on any atom is -0.506 e. The number of benzene rings is 2. The first-order chi connectivity index (χ1) is 18.7. The second-order valence-electron chi connectivity index (χ2n) is 9.23. The van der Waals surface area contributed by atoms with Gasteiger partial charge in [-0.05, 0) is 54.8 Å². The molecule has 1 amide bonds. The largest absolute Gasteiger partial charge is 0.506 e. The highest BCUT2D eigenvalue weighted by Gasteiger charge is 2.36. The average Bonchev–Trinajstić information content (AvgIpc) is 2.90. The lowest BCUT2D eigenvalue weighted by Gasteiger charge is -2.34. The Kier molecular flexibility index (Phi) is 9.83. The number of phenols is 1. The number of carboxylic acids is 1. The highest BCUT2D eigenvalue weighted by molar-refractivity contribution is 7.92. The number of nitrogens with one attached hydrogen (secondary N) is 3. The molecule has 0 saturated carbocycles. The number of sulfonamides is 1. The van der Waals surface area contributed by atoms with Crippen molar-refractivity contribution >= 4 is 43.3 Å². The molecule has 0 aromatic heterocycles. The second kappa shape index (κ2) is 12.7. The van der Waals surface area contributed by atoms with E-state index in [2.05, 4.69) is 14.8 Å². The third kappa shape index (κ3) is 7.97. The number of amides is 1. The zero-order valence-corrected chi connectivity index (χ0v) is 23.4. The van der Waals surface area contributed by atoms with Gasteiger partial charge in [0.1, 0.15) is 5.75 Å². The van der Waals surface area contributed by atoms with Gasteiger partial charge in [-0.2, -0.15) is 0 Å². The van der Waals surface area contributed by atoms with Crippen molar-refractivity contribution in [2.45, 2.75) is 35.3 Å². The van der Waals surface area contributed by atoms with Crippen LogP contribution in [0.3, 0.4) is 0 Å². The van der Waals surface area contributed by atoms with Crippen LogP contribution in [0.2, 0.25) is 0 Å². The van der Waals surface area contributed by atoms with Crippen LogP contribution >= 0.6 is 0 Å². The summed E-state index contributed by atoms with van der Waals surface area (Å²) in [4.78, 5) is 24.6. The van der Waals surface area contributed by atoms with Gasteiger partial charge in [-0.1, -0.05) is 6.07 Å². The summed E-state index contributed by atoms with van der Waals surface area (Å²) in [5.41, 5.74) is 1.14. The number of aliphatic hydroxyl groups excluding tert-OH is 1. The number of anilines is 2. The molecular weight excluding hydrogens is 568 g/mol. The molecule has 2 aromatic carbocycles. The predicted octanol–water partition coefficient (Wildman–Crippen LogP) is 0.596. The van der Waals surface area contributed by atoms with Crippen LogP contribution in [0.5, 0.6) is 5.75 Å². The number of methoxy groups -OCH3 is 1. The molecule has 1 saturated heterocycles. The summed E-state index contributed by atoms with van der Waals surface area (Å²) in [6.07, 6.45) is 0.255. The topological polar surface area (TPSA) is 212 Å². The van der Waals surface area contributed by atoms with Crippen molar-refractivity contribution in [1.29, 1.82) is 0 Å². The maximum absolute atomic E-state index is 12.7. The van der Waals surface area contributed by atoms with Gasteiger partial charge in [0.2, 0.25) is 25.2 Å². The number of carbonyl (C=O) groups is 2. The lowest BCUT2D eigenvalue weighted by atomic mass is 10.0. The number of carbonyl (C=O) groups excluding carboxylic acids is 1. The van der Waals surface area contributed by atoms with Gasteiger partial charge in [0.05, 0.1) is 30.1 Å². The van der Waals surface area contributed by atoms with E-state index in [1.54, 1.807) is 12.1 Å². The van der Waals surface area contributed by atoms with E-state index in [1.807, 2.05) is 10.2 Å². The van der Waals surface area contributed by atoms with Gasteiger partial charge >= 0.3 is 12.1 Å².